The van der Waals surface area contributed by atoms with E-state index in [9.17, 15) is 4.79 Å². The van der Waals surface area contributed by atoms with Gasteiger partial charge in [0.2, 0.25) is 0 Å². The van der Waals surface area contributed by atoms with E-state index in [1.54, 1.807) is 24.5 Å². The van der Waals surface area contributed by atoms with Crippen molar-refractivity contribution in [2.75, 3.05) is 16.8 Å². The first-order valence-corrected chi connectivity index (χ1v) is 8.35. The molecule has 0 aliphatic carbocycles. The van der Waals surface area contributed by atoms with Crippen molar-refractivity contribution in [1.82, 2.24) is 9.97 Å². The summed E-state index contributed by atoms with van der Waals surface area (Å²) in [6, 6.07) is 17.3. The van der Waals surface area contributed by atoms with E-state index in [-0.39, 0.29) is 5.91 Å². The van der Waals surface area contributed by atoms with Crippen LogP contribution < -0.4 is 10.2 Å². The van der Waals surface area contributed by atoms with E-state index in [2.05, 4.69) is 38.4 Å². The topological polar surface area (TPSA) is 58.1 Å². The van der Waals surface area contributed by atoms with Crippen LogP contribution in [0.4, 0.5) is 17.3 Å². The molecule has 4 rings (SSSR count). The van der Waals surface area contributed by atoms with Crippen LogP contribution in [0.1, 0.15) is 22.3 Å². The van der Waals surface area contributed by atoms with Crippen LogP contribution in [0.25, 0.3) is 0 Å². The second-order valence-electron chi connectivity index (χ2n) is 5.96. The van der Waals surface area contributed by atoms with E-state index in [0.29, 0.717) is 11.4 Å². The minimum atomic E-state index is -0.187. The summed E-state index contributed by atoms with van der Waals surface area (Å²) in [7, 11) is 0. The highest BCUT2D eigenvalue weighted by molar-refractivity contribution is 6.04. The number of nitrogens with one attached hydrogen (secondary N) is 1. The zero-order chi connectivity index (χ0) is 17.1. The number of benzene rings is 1. The number of aryl methyl sites for hydroxylation is 1. The summed E-state index contributed by atoms with van der Waals surface area (Å²) in [5.41, 5.74) is 3.06. The predicted octanol–water partition coefficient (Wildman–Crippen LogP) is 3.81. The Morgan fingerprint density at radius 2 is 1.88 bits per heavy atom. The second-order valence-corrected chi connectivity index (χ2v) is 5.96. The number of amides is 1. The van der Waals surface area contributed by atoms with E-state index in [0.717, 1.165) is 25.2 Å². The van der Waals surface area contributed by atoms with Crippen molar-refractivity contribution < 1.29 is 4.79 Å². The van der Waals surface area contributed by atoms with Crippen LogP contribution in [-0.4, -0.2) is 22.4 Å². The van der Waals surface area contributed by atoms with Crippen LogP contribution in [-0.2, 0) is 6.42 Å². The summed E-state index contributed by atoms with van der Waals surface area (Å²) < 4.78 is 0. The van der Waals surface area contributed by atoms with E-state index in [1.807, 2.05) is 24.3 Å². The first kappa shape index (κ1) is 15.3. The summed E-state index contributed by atoms with van der Waals surface area (Å²) in [5, 5.41) is 2.81. The van der Waals surface area contributed by atoms with Gasteiger partial charge in [-0.15, -0.1) is 0 Å². The molecular formula is C20H18N4O. The third-order valence-corrected chi connectivity index (χ3v) is 4.30. The summed E-state index contributed by atoms with van der Waals surface area (Å²) in [4.78, 5) is 23.3. The van der Waals surface area contributed by atoms with Crippen LogP contribution in [0.15, 0.2) is 67.0 Å². The molecule has 3 heterocycles. The number of aromatic nitrogens is 2. The SMILES string of the molecule is O=C(Nc1ccccn1)c1ccnc(N2CCCc3ccccc32)c1. The Morgan fingerprint density at radius 3 is 2.76 bits per heavy atom. The minimum Gasteiger partial charge on any atom is -0.326 e. The molecular weight excluding hydrogens is 312 g/mol. The fraction of sp³-hybridized carbons (Fsp3) is 0.150. The van der Waals surface area contributed by atoms with Gasteiger partial charge in [-0.2, -0.15) is 0 Å². The predicted molar refractivity (Wildman–Crippen MR) is 98.2 cm³/mol. The summed E-state index contributed by atoms with van der Waals surface area (Å²) in [6.45, 7) is 0.898. The number of para-hydroxylation sites is 1. The molecule has 3 aromatic rings. The number of hydrogen-bond donors (Lipinski definition) is 1. The van der Waals surface area contributed by atoms with Crippen molar-refractivity contribution >= 4 is 23.2 Å². The molecule has 1 aliphatic rings. The number of fused-ring (bicyclic) bond motifs is 1. The van der Waals surface area contributed by atoms with E-state index in [1.165, 1.54) is 11.3 Å². The lowest BCUT2D eigenvalue weighted by molar-refractivity contribution is 0.102. The average molecular weight is 330 g/mol. The maximum Gasteiger partial charge on any atom is 0.257 e. The zero-order valence-corrected chi connectivity index (χ0v) is 13.7. The van der Waals surface area contributed by atoms with Gasteiger partial charge in [-0.05, 0) is 48.7 Å². The Morgan fingerprint density at radius 1 is 1.00 bits per heavy atom. The summed E-state index contributed by atoms with van der Waals surface area (Å²) >= 11 is 0. The van der Waals surface area contributed by atoms with Crippen molar-refractivity contribution in [2.45, 2.75) is 12.8 Å². The fourth-order valence-electron chi connectivity index (χ4n) is 3.10. The Hall–Kier alpha value is -3.21. The largest absolute Gasteiger partial charge is 0.326 e. The van der Waals surface area contributed by atoms with Crippen molar-refractivity contribution in [3.05, 3.63) is 78.1 Å². The number of nitrogens with zero attached hydrogens (tertiary/aromatic N) is 3. The molecule has 0 fully saturated rings. The molecule has 1 N–H and O–H groups in total. The molecule has 0 unspecified atom stereocenters. The van der Waals surface area contributed by atoms with Gasteiger partial charge in [0.15, 0.2) is 0 Å². The standard InChI is InChI=1S/C20H18N4O/c25-20(23-18-9-3-4-11-21-18)16-10-12-22-19(14-16)24-13-5-7-15-6-1-2-8-17(15)24/h1-4,6,8-12,14H,5,7,13H2,(H,21,23,25). The van der Waals surface area contributed by atoms with Gasteiger partial charge in [0.25, 0.3) is 5.91 Å². The molecule has 1 aromatic carbocycles. The van der Waals surface area contributed by atoms with E-state index >= 15 is 0 Å². The van der Waals surface area contributed by atoms with Gasteiger partial charge < -0.3 is 10.2 Å². The van der Waals surface area contributed by atoms with Gasteiger partial charge in [-0.25, -0.2) is 9.97 Å². The van der Waals surface area contributed by atoms with Crippen LogP contribution >= 0.6 is 0 Å². The van der Waals surface area contributed by atoms with Gasteiger partial charge in [0.1, 0.15) is 11.6 Å². The normalized spacial score (nSPS) is 13.2. The molecule has 5 nitrogen and oxygen atoms in total. The second kappa shape index (κ2) is 6.73. The van der Waals surface area contributed by atoms with E-state index < -0.39 is 0 Å². The Kier molecular flexibility index (Phi) is 4.12. The molecule has 0 saturated heterocycles. The Bertz CT molecular complexity index is 895. The number of carbonyl (C=O) groups excluding carboxylic acids is 1. The minimum absolute atomic E-state index is 0.187. The first-order valence-electron chi connectivity index (χ1n) is 8.35. The number of carbonyl (C=O) groups is 1. The lowest BCUT2D eigenvalue weighted by Crippen LogP contribution is -2.25. The number of hydrogen-bond acceptors (Lipinski definition) is 4. The molecule has 1 aliphatic heterocycles. The van der Waals surface area contributed by atoms with Crippen molar-refractivity contribution in [3.63, 3.8) is 0 Å². The third kappa shape index (κ3) is 3.21. The Balaban J connectivity index is 1.61. The molecule has 0 spiro atoms. The van der Waals surface area contributed by atoms with Crippen LogP contribution in [0.5, 0.6) is 0 Å². The van der Waals surface area contributed by atoms with Crippen molar-refractivity contribution in [3.8, 4) is 0 Å². The van der Waals surface area contributed by atoms with Gasteiger partial charge >= 0.3 is 0 Å². The molecule has 5 heteroatoms. The lowest BCUT2D eigenvalue weighted by atomic mass is 10.0. The fourth-order valence-corrected chi connectivity index (χ4v) is 3.10. The smallest absolute Gasteiger partial charge is 0.257 e. The van der Waals surface area contributed by atoms with Crippen LogP contribution in [0.3, 0.4) is 0 Å². The molecule has 1 amide bonds. The van der Waals surface area contributed by atoms with Crippen LogP contribution in [0.2, 0.25) is 0 Å². The monoisotopic (exact) mass is 330 g/mol. The van der Waals surface area contributed by atoms with Gasteiger partial charge in [-0.1, -0.05) is 24.3 Å². The average Bonchev–Trinajstić information content (AvgIpc) is 2.68. The molecule has 0 bridgehead atoms. The van der Waals surface area contributed by atoms with Gasteiger partial charge in [-0.3, -0.25) is 4.79 Å². The highest BCUT2D eigenvalue weighted by Crippen LogP contribution is 2.32. The molecule has 0 saturated carbocycles. The molecule has 124 valence electrons. The maximum absolute atomic E-state index is 12.5. The number of rotatable bonds is 3. The zero-order valence-electron chi connectivity index (χ0n) is 13.7. The van der Waals surface area contributed by atoms with Crippen molar-refractivity contribution in [2.24, 2.45) is 0 Å². The summed E-state index contributed by atoms with van der Waals surface area (Å²) in [6.07, 6.45) is 5.48. The maximum atomic E-state index is 12.5. The van der Waals surface area contributed by atoms with E-state index in [4.69, 9.17) is 0 Å². The highest BCUT2D eigenvalue weighted by Gasteiger charge is 2.19. The summed E-state index contributed by atoms with van der Waals surface area (Å²) in [5.74, 6) is 1.14. The first-order chi connectivity index (χ1) is 12.3. The molecule has 0 radical (unpaired) electrons. The molecule has 25 heavy (non-hydrogen) atoms. The van der Waals surface area contributed by atoms with Gasteiger partial charge in [0, 0.05) is 30.2 Å². The quantitative estimate of drug-likeness (QED) is 0.793. The number of anilines is 3. The van der Waals surface area contributed by atoms with Crippen molar-refractivity contribution in [1.29, 1.82) is 0 Å². The lowest BCUT2D eigenvalue weighted by Gasteiger charge is -2.30. The van der Waals surface area contributed by atoms with Crippen LogP contribution in [0, 0.1) is 0 Å². The molecule has 2 aromatic heterocycles. The third-order valence-electron chi connectivity index (χ3n) is 4.30. The molecule has 0 atom stereocenters. The number of pyridine rings is 2. The highest BCUT2D eigenvalue weighted by atomic mass is 16.1. The van der Waals surface area contributed by atoms with Gasteiger partial charge in [0.05, 0.1) is 0 Å². The Labute approximate surface area is 146 Å².